The third-order valence-electron chi connectivity index (χ3n) is 5.65. The Morgan fingerprint density at radius 1 is 1.16 bits per heavy atom. The number of rotatable bonds is 6. The van der Waals surface area contributed by atoms with E-state index in [1.807, 2.05) is 51.1 Å². The highest BCUT2D eigenvalue weighted by Gasteiger charge is 2.36. The van der Waals surface area contributed by atoms with Gasteiger partial charge in [-0.05, 0) is 61.6 Å². The molecule has 31 heavy (non-hydrogen) atoms. The average Bonchev–Trinajstić information content (AvgIpc) is 2.70. The van der Waals surface area contributed by atoms with Crippen LogP contribution in [0.4, 0.5) is 0 Å². The molecule has 0 bridgehead atoms. The Hall–Kier alpha value is -2.69. The van der Waals surface area contributed by atoms with E-state index in [0.29, 0.717) is 18.6 Å². The van der Waals surface area contributed by atoms with Crippen molar-refractivity contribution in [3.05, 3.63) is 53.6 Å². The number of hydrogen-bond donors (Lipinski definition) is 1. The van der Waals surface area contributed by atoms with Gasteiger partial charge in [0.05, 0.1) is 13.2 Å². The standard InChI is InChI=1S/C26H35NO4/c1-8-22(30-18-11-9-17(10-12-18)25(2,3)4)24(28)27-21-16-26(5,6)31-23-14-13-19(29-7)15-20(21)23/h9-15,21-22H,8,16H2,1-7H3,(H,27,28)/t21-,22+/m1/s1. The molecular formula is C26H35NO4. The Morgan fingerprint density at radius 3 is 2.39 bits per heavy atom. The van der Waals surface area contributed by atoms with E-state index in [4.69, 9.17) is 14.2 Å². The zero-order valence-electron chi connectivity index (χ0n) is 19.7. The summed E-state index contributed by atoms with van der Waals surface area (Å²) in [5.41, 5.74) is 1.85. The summed E-state index contributed by atoms with van der Waals surface area (Å²) in [4.78, 5) is 13.1. The van der Waals surface area contributed by atoms with Crippen LogP contribution in [0.1, 0.15) is 71.6 Å². The summed E-state index contributed by atoms with van der Waals surface area (Å²) in [6.45, 7) is 12.5. The lowest BCUT2D eigenvalue weighted by Crippen LogP contribution is -2.45. The predicted octanol–water partition coefficient (Wildman–Crippen LogP) is 5.57. The highest BCUT2D eigenvalue weighted by atomic mass is 16.5. The summed E-state index contributed by atoms with van der Waals surface area (Å²) in [5, 5.41) is 3.19. The van der Waals surface area contributed by atoms with Crippen molar-refractivity contribution in [3.8, 4) is 17.2 Å². The Morgan fingerprint density at radius 2 is 1.81 bits per heavy atom. The molecule has 0 aliphatic carbocycles. The highest BCUT2D eigenvalue weighted by Crippen LogP contribution is 2.41. The number of ether oxygens (including phenoxy) is 3. The van der Waals surface area contributed by atoms with Crippen LogP contribution in [0, 0.1) is 0 Å². The van der Waals surface area contributed by atoms with Crippen molar-refractivity contribution in [1.29, 1.82) is 0 Å². The molecule has 1 amide bonds. The maximum Gasteiger partial charge on any atom is 0.261 e. The molecule has 3 rings (SSSR count). The Balaban J connectivity index is 1.76. The minimum Gasteiger partial charge on any atom is -0.497 e. The normalized spacial score (nSPS) is 18.4. The molecule has 1 aliphatic heterocycles. The number of carbonyl (C=O) groups is 1. The van der Waals surface area contributed by atoms with E-state index in [1.165, 1.54) is 5.56 Å². The molecule has 1 heterocycles. The fourth-order valence-corrected chi connectivity index (χ4v) is 3.87. The van der Waals surface area contributed by atoms with Crippen LogP contribution in [0.5, 0.6) is 17.2 Å². The minimum absolute atomic E-state index is 0.0738. The van der Waals surface area contributed by atoms with Gasteiger partial charge in [0.15, 0.2) is 6.10 Å². The van der Waals surface area contributed by atoms with Crippen molar-refractivity contribution < 1.29 is 19.0 Å². The lowest BCUT2D eigenvalue weighted by molar-refractivity contribution is -0.129. The fourth-order valence-electron chi connectivity index (χ4n) is 3.87. The second-order valence-corrected chi connectivity index (χ2v) is 9.82. The van der Waals surface area contributed by atoms with Gasteiger partial charge < -0.3 is 19.5 Å². The molecule has 0 radical (unpaired) electrons. The molecule has 2 aromatic rings. The maximum atomic E-state index is 13.1. The van der Waals surface area contributed by atoms with Gasteiger partial charge in [0.1, 0.15) is 22.8 Å². The monoisotopic (exact) mass is 425 g/mol. The van der Waals surface area contributed by atoms with Gasteiger partial charge in [0.25, 0.3) is 5.91 Å². The first kappa shape index (κ1) is 23.0. The van der Waals surface area contributed by atoms with Crippen molar-refractivity contribution in [2.45, 2.75) is 77.5 Å². The van der Waals surface area contributed by atoms with E-state index in [-0.39, 0.29) is 23.0 Å². The van der Waals surface area contributed by atoms with E-state index in [0.717, 1.165) is 17.1 Å². The van der Waals surface area contributed by atoms with E-state index >= 15 is 0 Å². The van der Waals surface area contributed by atoms with Crippen LogP contribution in [0.25, 0.3) is 0 Å². The first-order valence-electron chi connectivity index (χ1n) is 11.0. The summed E-state index contributed by atoms with van der Waals surface area (Å²) >= 11 is 0. The molecule has 0 unspecified atom stereocenters. The first-order chi connectivity index (χ1) is 14.5. The van der Waals surface area contributed by atoms with Crippen LogP contribution in [-0.2, 0) is 10.2 Å². The van der Waals surface area contributed by atoms with Gasteiger partial charge in [0, 0.05) is 12.0 Å². The molecule has 0 fully saturated rings. The number of carbonyl (C=O) groups excluding carboxylic acids is 1. The van der Waals surface area contributed by atoms with Crippen molar-refractivity contribution in [1.82, 2.24) is 5.32 Å². The molecule has 5 nitrogen and oxygen atoms in total. The third-order valence-corrected chi connectivity index (χ3v) is 5.65. The minimum atomic E-state index is -0.569. The fraction of sp³-hybridized carbons (Fsp3) is 0.500. The number of amides is 1. The summed E-state index contributed by atoms with van der Waals surface area (Å²) in [5.74, 6) is 2.08. The number of fused-ring (bicyclic) bond motifs is 1. The van der Waals surface area contributed by atoms with Gasteiger partial charge in [-0.3, -0.25) is 4.79 Å². The van der Waals surface area contributed by atoms with Crippen LogP contribution < -0.4 is 19.5 Å². The topological polar surface area (TPSA) is 56.8 Å². The van der Waals surface area contributed by atoms with Gasteiger partial charge in [0.2, 0.25) is 0 Å². The van der Waals surface area contributed by atoms with Crippen LogP contribution >= 0.6 is 0 Å². The van der Waals surface area contributed by atoms with Crippen molar-refractivity contribution >= 4 is 5.91 Å². The summed E-state index contributed by atoms with van der Waals surface area (Å²) in [7, 11) is 1.63. The Kier molecular flexibility index (Phi) is 6.54. The molecule has 1 aliphatic rings. The van der Waals surface area contributed by atoms with Gasteiger partial charge >= 0.3 is 0 Å². The highest BCUT2D eigenvalue weighted by molar-refractivity contribution is 5.81. The maximum absolute atomic E-state index is 13.1. The lowest BCUT2D eigenvalue weighted by Gasteiger charge is -2.38. The van der Waals surface area contributed by atoms with Crippen molar-refractivity contribution in [2.24, 2.45) is 0 Å². The van der Waals surface area contributed by atoms with E-state index < -0.39 is 6.10 Å². The van der Waals surface area contributed by atoms with Crippen LogP contribution in [0.2, 0.25) is 0 Å². The average molecular weight is 426 g/mol. The number of nitrogens with one attached hydrogen (secondary N) is 1. The summed E-state index contributed by atoms with van der Waals surface area (Å²) in [6, 6.07) is 13.5. The predicted molar refractivity (Wildman–Crippen MR) is 123 cm³/mol. The van der Waals surface area contributed by atoms with Gasteiger partial charge in [-0.1, -0.05) is 39.8 Å². The molecule has 0 aromatic heterocycles. The lowest BCUT2D eigenvalue weighted by atomic mass is 9.87. The number of methoxy groups -OCH3 is 1. The smallest absolute Gasteiger partial charge is 0.261 e. The van der Waals surface area contributed by atoms with Gasteiger partial charge in [-0.25, -0.2) is 0 Å². The molecule has 0 spiro atoms. The van der Waals surface area contributed by atoms with Crippen LogP contribution in [0.15, 0.2) is 42.5 Å². The molecule has 0 saturated heterocycles. The molecular weight excluding hydrogens is 390 g/mol. The molecule has 168 valence electrons. The van der Waals surface area contributed by atoms with E-state index in [1.54, 1.807) is 7.11 Å². The SMILES string of the molecule is CC[C@H](Oc1ccc(C(C)(C)C)cc1)C(=O)N[C@@H]1CC(C)(C)Oc2ccc(OC)cc21. The number of hydrogen-bond acceptors (Lipinski definition) is 4. The van der Waals surface area contributed by atoms with Crippen molar-refractivity contribution in [2.75, 3.05) is 7.11 Å². The van der Waals surface area contributed by atoms with Gasteiger partial charge in [-0.2, -0.15) is 0 Å². The van der Waals surface area contributed by atoms with Gasteiger partial charge in [-0.15, -0.1) is 0 Å². The van der Waals surface area contributed by atoms with E-state index in [9.17, 15) is 4.79 Å². The number of benzene rings is 2. The first-order valence-corrected chi connectivity index (χ1v) is 11.0. The van der Waals surface area contributed by atoms with Crippen molar-refractivity contribution in [3.63, 3.8) is 0 Å². The molecule has 1 N–H and O–H groups in total. The quantitative estimate of drug-likeness (QED) is 0.657. The zero-order chi connectivity index (χ0) is 22.8. The Labute approximate surface area is 186 Å². The van der Waals surface area contributed by atoms with E-state index in [2.05, 4.69) is 38.2 Å². The second kappa shape index (κ2) is 8.81. The molecule has 2 atom stereocenters. The molecule has 0 saturated carbocycles. The second-order valence-electron chi connectivity index (χ2n) is 9.82. The summed E-state index contributed by atoms with van der Waals surface area (Å²) in [6.07, 6.45) is 0.667. The zero-order valence-corrected chi connectivity index (χ0v) is 19.7. The third kappa shape index (κ3) is 5.52. The summed E-state index contributed by atoms with van der Waals surface area (Å²) < 4.78 is 17.5. The molecule has 5 heteroatoms. The van der Waals surface area contributed by atoms with Crippen LogP contribution in [-0.4, -0.2) is 24.7 Å². The van der Waals surface area contributed by atoms with Crippen LogP contribution in [0.3, 0.4) is 0 Å². The molecule has 2 aromatic carbocycles. The Bertz CT molecular complexity index is 912. The largest absolute Gasteiger partial charge is 0.497 e.